The van der Waals surface area contributed by atoms with Crippen LogP contribution in [0, 0.1) is 0 Å². The summed E-state index contributed by atoms with van der Waals surface area (Å²) in [5.74, 6) is 0. The zero-order valence-electron chi connectivity index (χ0n) is 10.8. The summed E-state index contributed by atoms with van der Waals surface area (Å²) in [5.41, 5.74) is 0. The van der Waals surface area contributed by atoms with Crippen molar-refractivity contribution in [3.8, 4) is 0 Å². The monoisotopic (exact) mass is 251 g/mol. The number of rotatable bonds is 8. The Morgan fingerprint density at radius 1 is 1.38 bits per heavy atom. The molecule has 0 fully saturated rings. The first kappa shape index (κ1) is 15.9. The summed E-state index contributed by atoms with van der Waals surface area (Å²) in [4.78, 5) is 0. The second kappa shape index (κ2) is 6.57. The highest BCUT2D eigenvalue weighted by Crippen LogP contribution is 2.13. The fourth-order valence-electron chi connectivity index (χ4n) is 1.19. The lowest BCUT2D eigenvalue weighted by atomic mass is 10.1. The van der Waals surface area contributed by atoms with Crippen molar-refractivity contribution in [1.82, 2.24) is 5.32 Å². The number of sulfone groups is 1. The fourth-order valence-corrected chi connectivity index (χ4v) is 1.55. The third-order valence-electron chi connectivity index (χ3n) is 2.92. The largest absolute Gasteiger partial charge is 0.393 e. The van der Waals surface area contributed by atoms with E-state index < -0.39 is 14.6 Å². The van der Waals surface area contributed by atoms with E-state index in [1.165, 1.54) is 6.26 Å². The van der Waals surface area contributed by atoms with Gasteiger partial charge in [0, 0.05) is 12.8 Å². The van der Waals surface area contributed by atoms with Gasteiger partial charge in [0.1, 0.15) is 0 Å². The van der Waals surface area contributed by atoms with E-state index in [4.69, 9.17) is 0 Å². The van der Waals surface area contributed by atoms with Gasteiger partial charge in [0.15, 0.2) is 9.84 Å². The lowest BCUT2D eigenvalue weighted by molar-refractivity contribution is 0.157. The molecule has 0 aliphatic rings. The van der Waals surface area contributed by atoms with E-state index in [-0.39, 0.29) is 6.10 Å². The predicted molar refractivity (Wildman–Crippen MR) is 67.3 cm³/mol. The minimum absolute atomic E-state index is 0.232. The molecule has 0 radical (unpaired) electrons. The molecule has 0 saturated heterocycles. The summed E-state index contributed by atoms with van der Waals surface area (Å²) >= 11 is 0. The van der Waals surface area contributed by atoms with Crippen molar-refractivity contribution in [2.75, 3.05) is 19.3 Å². The number of nitrogens with one attached hydrogen (secondary N) is 1. The Hall–Kier alpha value is -0.130. The van der Waals surface area contributed by atoms with Gasteiger partial charge in [-0.1, -0.05) is 6.92 Å². The van der Waals surface area contributed by atoms with Crippen LogP contribution in [0.5, 0.6) is 0 Å². The maximum absolute atomic E-state index is 11.4. The summed E-state index contributed by atoms with van der Waals surface area (Å²) in [6.45, 7) is 6.58. The highest BCUT2D eigenvalue weighted by Gasteiger charge is 2.29. The lowest BCUT2D eigenvalue weighted by Crippen LogP contribution is -2.42. The molecule has 1 unspecified atom stereocenters. The van der Waals surface area contributed by atoms with Crippen molar-refractivity contribution in [2.45, 2.75) is 50.9 Å². The summed E-state index contributed by atoms with van der Waals surface area (Å²) in [6.07, 6.45) is 3.44. The van der Waals surface area contributed by atoms with E-state index in [1.807, 2.05) is 6.92 Å². The second-order valence-electron chi connectivity index (χ2n) is 4.91. The molecular weight excluding hydrogens is 226 g/mol. The Balaban J connectivity index is 3.75. The predicted octanol–water partition coefficient (Wildman–Crippen LogP) is 0.950. The van der Waals surface area contributed by atoms with E-state index in [0.717, 1.165) is 25.8 Å². The standard InChI is InChI=1S/C11H25NO3S/c1-5-10(13)7-6-8-12-9-11(2,3)16(4,14)15/h10,12-13H,5-9H2,1-4H3. The van der Waals surface area contributed by atoms with Crippen LogP contribution in [-0.4, -0.2) is 43.7 Å². The van der Waals surface area contributed by atoms with Crippen molar-refractivity contribution in [3.05, 3.63) is 0 Å². The van der Waals surface area contributed by atoms with Gasteiger partial charge in [0.05, 0.1) is 10.9 Å². The van der Waals surface area contributed by atoms with E-state index >= 15 is 0 Å². The molecule has 16 heavy (non-hydrogen) atoms. The van der Waals surface area contributed by atoms with Crippen LogP contribution in [0.3, 0.4) is 0 Å². The average molecular weight is 251 g/mol. The summed E-state index contributed by atoms with van der Waals surface area (Å²) < 4.78 is 22.1. The van der Waals surface area contributed by atoms with Gasteiger partial charge in [-0.2, -0.15) is 0 Å². The molecule has 1 atom stereocenters. The Labute approximate surface area is 99.4 Å². The zero-order valence-corrected chi connectivity index (χ0v) is 11.6. The summed E-state index contributed by atoms with van der Waals surface area (Å²) in [6, 6.07) is 0. The van der Waals surface area contributed by atoms with Crippen LogP contribution in [0.1, 0.15) is 40.0 Å². The van der Waals surface area contributed by atoms with Crippen LogP contribution in [0.4, 0.5) is 0 Å². The molecule has 0 amide bonds. The zero-order chi connectivity index (χ0) is 12.8. The second-order valence-corrected chi connectivity index (χ2v) is 7.56. The minimum atomic E-state index is -3.02. The van der Waals surface area contributed by atoms with Crippen LogP contribution in [0.2, 0.25) is 0 Å². The number of hydrogen-bond donors (Lipinski definition) is 2. The highest BCUT2D eigenvalue weighted by molar-refractivity contribution is 7.92. The van der Waals surface area contributed by atoms with Crippen molar-refractivity contribution < 1.29 is 13.5 Å². The van der Waals surface area contributed by atoms with Crippen LogP contribution in [-0.2, 0) is 9.84 Å². The molecule has 98 valence electrons. The molecule has 0 rings (SSSR count). The van der Waals surface area contributed by atoms with E-state index in [2.05, 4.69) is 5.32 Å². The van der Waals surface area contributed by atoms with Crippen LogP contribution in [0.15, 0.2) is 0 Å². The topological polar surface area (TPSA) is 66.4 Å². The number of hydrogen-bond acceptors (Lipinski definition) is 4. The molecule has 5 heteroatoms. The van der Waals surface area contributed by atoms with Gasteiger partial charge < -0.3 is 10.4 Å². The van der Waals surface area contributed by atoms with Gasteiger partial charge in [0.25, 0.3) is 0 Å². The molecule has 0 aliphatic heterocycles. The van der Waals surface area contributed by atoms with Gasteiger partial charge in [-0.05, 0) is 39.7 Å². The molecule has 0 bridgehead atoms. The van der Waals surface area contributed by atoms with E-state index in [9.17, 15) is 13.5 Å². The molecule has 0 saturated carbocycles. The quantitative estimate of drug-likeness (QED) is 0.630. The van der Waals surface area contributed by atoms with Crippen molar-refractivity contribution >= 4 is 9.84 Å². The smallest absolute Gasteiger partial charge is 0.153 e. The average Bonchev–Trinajstić information content (AvgIpc) is 2.15. The number of aliphatic hydroxyl groups is 1. The van der Waals surface area contributed by atoms with E-state index in [0.29, 0.717) is 6.54 Å². The highest BCUT2D eigenvalue weighted by atomic mass is 32.2. The Kier molecular flexibility index (Phi) is 6.51. The molecule has 0 aromatic rings. The van der Waals surface area contributed by atoms with Crippen LogP contribution >= 0.6 is 0 Å². The maximum atomic E-state index is 11.4. The SMILES string of the molecule is CCC(O)CCCNCC(C)(C)S(C)(=O)=O. The maximum Gasteiger partial charge on any atom is 0.153 e. The van der Waals surface area contributed by atoms with Gasteiger partial charge in [0.2, 0.25) is 0 Å². The van der Waals surface area contributed by atoms with Gasteiger partial charge in [-0.15, -0.1) is 0 Å². The van der Waals surface area contributed by atoms with E-state index in [1.54, 1.807) is 13.8 Å². The Morgan fingerprint density at radius 2 is 1.94 bits per heavy atom. The van der Waals surface area contributed by atoms with Gasteiger partial charge in [-0.25, -0.2) is 8.42 Å². The van der Waals surface area contributed by atoms with Gasteiger partial charge in [-0.3, -0.25) is 0 Å². The molecular formula is C11H25NO3S. The molecule has 0 heterocycles. The third kappa shape index (κ3) is 5.82. The first-order chi connectivity index (χ1) is 7.20. The molecule has 2 N–H and O–H groups in total. The molecule has 4 nitrogen and oxygen atoms in total. The first-order valence-corrected chi connectivity index (χ1v) is 7.68. The normalized spacial score (nSPS) is 15.1. The van der Waals surface area contributed by atoms with Crippen molar-refractivity contribution in [3.63, 3.8) is 0 Å². The minimum Gasteiger partial charge on any atom is -0.393 e. The van der Waals surface area contributed by atoms with Crippen LogP contribution < -0.4 is 5.32 Å². The van der Waals surface area contributed by atoms with Gasteiger partial charge >= 0.3 is 0 Å². The Morgan fingerprint density at radius 3 is 2.38 bits per heavy atom. The van der Waals surface area contributed by atoms with Crippen molar-refractivity contribution in [2.24, 2.45) is 0 Å². The Bertz CT molecular complexity index is 286. The molecule has 0 aliphatic carbocycles. The fraction of sp³-hybridized carbons (Fsp3) is 1.00. The third-order valence-corrected chi connectivity index (χ3v) is 5.07. The van der Waals surface area contributed by atoms with Crippen molar-refractivity contribution in [1.29, 1.82) is 0 Å². The molecule has 0 spiro atoms. The van der Waals surface area contributed by atoms with Crippen LogP contribution in [0.25, 0.3) is 0 Å². The molecule has 0 aromatic carbocycles. The summed E-state index contributed by atoms with van der Waals surface area (Å²) in [5, 5.41) is 12.4. The molecule has 0 aromatic heterocycles. The number of aliphatic hydroxyl groups excluding tert-OH is 1. The summed E-state index contributed by atoms with van der Waals surface area (Å²) in [7, 11) is -3.02. The first-order valence-electron chi connectivity index (χ1n) is 5.79. The lowest BCUT2D eigenvalue weighted by Gasteiger charge is -2.22.